The van der Waals surface area contributed by atoms with Gasteiger partial charge in [0.1, 0.15) is 10.2 Å². The van der Waals surface area contributed by atoms with Crippen LogP contribution in [0.3, 0.4) is 0 Å². The first-order chi connectivity index (χ1) is 7.58. The number of rotatable bonds is 2. The van der Waals surface area contributed by atoms with E-state index in [1.807, 2.05) is 12.1 Å². The number of benzene rings is 1. The Morgan fingerprint density at radius 3 is 2.62 bits per heavy atom. The predicted octanol–water partition coefficient (Wildman–Crippen LogP) is 5.79. The molecule has 1 aromatic carbocycles. The summed E-state index contributed by atoms with van der Waals surface area (Å²) in [6.07, 6.45) is 0. The first kappa shape index (κ1) is 12.6. The molecule has 0 radical (unpaired) electrons. The van der Waals surface area contributed by atoms with Gasteiger partial charge >= 0.3 is 0 Å². The van der Waals surface area contributed by atoms with Crippen molar-refractivity contribution < 1.29 is 4.39 Å². The molecule has 0 aliphatic carbocycles. The topological polar surface area (TPSA) is 0 Å². The monoisotopic (exact) mass is 382 g/mol. The molecule has 0 amide bonds. The van der Waals surface area contributed by atoms with Crippen molar-refractivity contribution in [2.45, 2.75) is 4.83 Å². The second-order valence-electron chi connectivity index (χ2n) is 3.19. The molecule has 0 saturated carbocycles. The van der Waals surface area contributed by atoms with E-state index in [1.54, 1.807) is 6.07 Å². The van der Waals surface area contributed by atoms with E-state index in [0.717, 1.165) is 14.9 Å². The molecule has 0 aliphatic heterocycles. The van der Waals surface area contributed by atoms with Crippen molar-refractivity contribution in [2.24, 2.45) is 0 Å². The highest BCUT2D eigenvalue weighted by Gasteiger charge is 2.15. The van der Waals surface area contributed by atoms with Gasteiger partial charge in [-0.25, -0.2) is 4.39 Å². The number of thiophene rings is 1. The predicted molar refractivity (Wildman–Crippen MR) is 74.2 cm³/mol. The van der Waals surface area contributed by atoms with Crippen LogP contribution in [0.2, 0.25) is 4.34 Å². The van der Waals surface area contributed by atoms with Crippen LogP contribution in [0.15, 0.2) is 34.8 Å². The third-order valence-electron chi connectivity index (χ3n) is 2.06. The fraction of sp³-hybridized carbons (Fsp3) is 0.0909. The van der Waals surface area contributed by atoms with Gasteiger partial charge in [0.25, 0.3) is 0 Å². The van der Waals surface area contributed by atoms with Crippen LogP contribution in [-0.4, -0.2) is 0 Å². The standard InChI is InChI=1S/C11H6Br2ClFS/c12-8-5-9(16-11(8)14)10(13)6-2-1-3-7(15)4-6/h1-5,10H. The van der Waals surface area contributed by atoms with E-state index in [2.05, 4.69) is 31.9 Å². The Balaban J connectivity index is 2.35. The van der Waals surface area contributed by atoms with Gasteiger partial charge in [-0.05, 0) is 39.7 Å². The molecule has 16 heavy (non-hydrogen) atoms. The smallest absolute Gasteiger partial charge is 0.123 e. The Hall–Kier alpha value is 0.1000. The lowest BCUT2D eigenvalue weighted by molar-refractivity contribution is 0.626. The van der Waals surface area contributed by atoms with Gasteiger partial charge in [-0.2, -0.15) is 0 Å². The van der Waals surface area contributed by atoms with E-state index in [-0.39, 0.29) is 10.6 Å². The lowest BCUT2D eigenvalue weighted by Crippen LogP contribution is -1.89. The molecular weight excluding hydrogens is 378 g/mol. The normalized spacial score (nSPS) is 12.8. The van der Waals surface area contributed by atoms with Gasteiger partial charge in [-0.1, -0.05) is 39.7 Å². The van der Waals surface area contributed by atoms with Crippen LogP contribution in [0.5, 0.6) is 0 Å². The molecule has 0 aliphatic rings. The average Bonchev–Trinajstić information content (AvgIpc) is 2.58. The highest BCUT2D eigenvalue weighted by molar-refractivity contribution is 9.10. The van der Waals surface area contributed by atoms with E-state index in [4.69, 9.17) is 11.6 Å². The molecule has 1 atom stereocenters. The van der Waals surface area contributed by atoms with Crippen molar-refractivity contribution >= 4 is 54.8 Å². The molecule has 1 heterocycles. The quantitative estimate of drug-likeness (QED) is 0.575. The molecule has 0 spiro atoms. The minimum Gasteiger partial charge on any atom is -0.207 e. The van der Waals surface area contributed by atoms with E-state index in [1.165, 1.54) is 23.5 Å². The van der Waals surface area contributed by atoms with E-state index < -0.39 is 0 Å². The van der Waals surface area contributed by atoms with Crippen LogP contribution >= 0.6 is 54.8 Å². The Labute approximate surface area is 119 Å². The lowest BCUT2D eigenvalue weighted by atomic mass is 10.1. The minimum atomic E-state index is -0.233. The van der Waals surface area contributed by atoms with Crippen molar-refractivity contribution in [1.29, 1.82) is 0 Å². The van der Waals surface area contributed by atoms with Gasteiger partial charge < -0.3 is 0 Å². The van der Waals surface area contributed by atoms with Crippen molar-refractivity contribution in [3.05, 3.63) is 55.4 Å². The summed E-state index contributed by atoms with van der Waals surface area (Å²) < 4.78 is 14.6. The average molecular weight is 384 g/mol. The molecule has 2 rings (SSSR count). The summed E-state index contributed by atoms with van der Waals surface area (Å²) in [4.78, 5) is 1.01. The molecule has 84 valence electrons. The molecule has 0 saturated heterocycles. The molecular formula is C11H6Br2ClFS. The maximum Gasteiger partial charge on any atom is 0.123 e. The lowest BCUT2D eigenvalue weighted by Gasteiger charge is -2.07. The number of halogens is 4. The van der Waals surface area contributed by atoms with Gasteiger partial charge in [0.2, 0.25) is 0 Å². The zero-order valence-electron chi connectivity index (χ0n) is 7.88. The third kappa shape index (κ3) is 2.67. The Kier molecular flexibility index (Phi) is 4.06. The zero-order valence-corrected chi connectivity index (χ0v) is 12.6. The van der Waals surface area contributed by atoms with Crippen molar-refractivity contribution in [3.63, 3.8) is 0 Å². The van der Waals surface area contributed by atoms with Crippen LogP contribution < -0.4 is 0 Å². The van der Waals surface area contributed by atoms with Crippen LogP contribution in [-0.2, 0) is 0 Å². The Bertz CT molecular complexity index is 493. The summed E-state index contributed by atoms with van der Waals surface area (Å²) in [5, 5.41) is 0. The molecule has 1 aromatic heterocycles. The Morgan fingerprint density at radius 1 is 1.31 bits per heavy atom. The fourth-order valence-electron chi connectivity index (χ4n) is 1.32. The molecule has 0 bridgehead atoms. The fourth-order valence-corrected chi connectivity index (χ4v) is 3.76. The summed E-state index contributed by atoms with van der Waals surface area (Å²) in [6, 6.07) is 8.46. The Morgan fingerprint density at radius 2 is 2.06 bits per heavy atom. The third-order valence-corrected chi connectivity index (χ3v) is 5.92. The minimum absolute atomic E-state index is 0.0306. The van der Waals surface area contributed by atoms with E-state index in [9.17, 15) is 4.39 Å². The van der Waals surface area contributed by atoms with Crippen LogP contribution in [0.4, 0.5) is 4.39 Å². The highest BCUT2D eigenvalue weighted by atomic mass is 79.9. The molecule has 1 unspecified atom stereocenters. The van der Waals surface area contributed by atoms with Crippen LogP contribution in [0.1, 0.15) is 15.3 Å². The summed E-state index contributed by atoms with van der Waals surface area (Å²) in [5.41, 5.74) is 0.880. The second-order valence-corrected chi connectivity index (χ2v) is 6.64. The van der Waals surface area contributed by atoms with Gasteiger partial charge in [0.15, 0.2) is 0 Å². The molecule has 0 fully saturated rings. The van der Waals surface area contributed by atoms with Gasteiger partial charge in [-0.3, -0.25) is 0 Å². The second kappa shape index (κ2) is 5.17. The molecule has 0 N–H and O–H groups in total. The largest absolute Gasteiger partial charge is 0.207 e. The molecule has 5 heteroatoms. The van der Waals surface area contributed by atoms with Crippen molar-refractivity contribution in [3.8, 4) is 0 Å². The van der Waals surface area contributed by atoms with Crippen molar-refractivity contribution in [1.82, 2.24) is 0 Å². The van der Waals surface area contributed by atoms with Crippen LogP contribution in [0, 0.1) is 5.82 Å². The van der Waals surface area contributed by atoms with Crippen molar-refractivity contribution in [2.75, 3.05) is 0 Å². The van der Waals surface area contributed by atoms with Crippen LogP contribution in [0.25, 0.3) is 0 Å². The first-order valence-corrected chi connectivity index (χ1v) is 7.32. The van der Waals surface area contributed by atoms with E-state index in [0.29, 0.717) is 4.34 Å². The summed E-state index contributed by atoms with van der Waals surface area (Å²) in [6.45, 7) is 0. The molecule has 2 aromatic rings. The van der Waals surface area contributed by atoms with Gasteiger partial charge in [0.05, 0.1) is 4.83 Å². The number of hydrogen-bond acceptors (Lipinski definition) is 1. The number of alkyl halides is 1. The maximum absolute atomic E-state index is 13.1. The summed E-state index contributed by atoms with van der Waals surface area (Å²) in [7, 11) is 0. The SMILES string of the molecule is Fc1cccc(C(Br)c2cc(Br)c(Cl)s2)c1. The number of hydrogen-bond donors (Lipinski definition) is 0. The van der Waals surface area contributed by atoms with Gasteiger partial charge in [-0.15, -0.1) is 11.3 Å². The van der Waals surface area contributed by atoms with E-state index >= 15 is 0 Å². The zero-order chi connectivity index (χ0) is 11.7. The molecule has 0 nitrogen and oxygen atoms in total. The first-order valence-electron chi connectivity index (χ1n) is 4.42. The maximum atomic E-state index is 13.1. The van der Waals surface area contributed by atoms with Gasteiger partial charge in [0, 0.05) is 9.35 Å². The summed E-state index contributed by atoms with van der Waals surface area (Å²) in [5.74, 6) is -0.233. The summed E-state index contributed by atoms with van der Waals surface area (Å²) >= 11 is 14.3. The highest BCUT2D eigenvalue weighted by Crippen LogP contribution is 2.41.